The number of allylic oxidation sites excluding steroid dienone is 1. The zero-order chi connectivity index (χ0) is 17.8. The van der Waals surface area contributed by atoms with Gasteiger partial charge in [0.2, 0.25) is 0 Å². The van der Waals surface area contributed by atoms with E-state index in [1.165, 1.54) is 47.2 Å². The SMILES string of the molecule is C=CC1c2cc(CC)ccc2NC(c2cccc(C)c2)C1CCCC. The molecule has 0 saturated heterocycles. The fourth-order valence-corrected chi connectivity index (χ4v) is 4.23. The van der Waals surface area contributed by atoms with Crippen LogP contribution in [-0.4, -0.2) is 0 Å². The van der Waals surface area contributed by atoms with Crippen LogP contribution in [0.3, 0.4) is 0 Å². The van der Waals surface area contributed by atoms with Gasteiger partial charge in [-0.3, -0.25) is 0 Å². The van der Waals surface area contributed by atoms with E-state index in [1.54, 1.807) is 0 Å². The van der Waals surface area contributed by atoms with Crippen LogP contribution in [0.1, 0.15) is 67.3 Å². The molecule has 0 saturated carbocycles. The van der Waals surface area contributed by atoms with E-state index in [4.69, 9.17) is 0 Å². The molecule has 2 aromatic rings. The lowest BCUT2D eigenvalue weighted by molar-refractivity contribution is 0.362. The normalized spacial score (nSPS) is 22.1. The molecule has 1 aliphatic heterocycles. The average molecular weight is 334 g/mol. The largest absolute Gasteiger partial charge is 0.378 e. The molecule has 3 unspecified atom stereocenters. The Labute approximate surface area is 153 Å². The highest BCUT2D eigenvalue weighted by molar-refractivity contribution is 5.60. The fraction of sp³-hybridized carbons (Fsp3) is 0.417. The number of hydrogen-bond donors (Lipinski definition) is 1. The smallest absolute Gasteiger partial charge is 0.0551 e. The Morgan fingerprint density at radius 3 is 2.64 bits per heavy atom. The summed E-state index contributed by atoms with van der Waals surface area (Å²) in [5, 5.41) is 3.87. The van der Waals surface area contributed by atoms with E-state index in [9.17, 15) is 0 Å². The van der Waals surface area contributed by atoms with Gasteiger partial charge in [-0.05, 0) is 48.4 Å². The van der Waals surface area contributed by atoms with Crippen molar-refractivity contribution in [2.45, 2.75) is 58.4 Å². The highest BCUT2D eigenvalue weighted by Crippen LogP contribution is 2.47. The lowest BCUT2D eigenvalue weighted by atomic mass is 9.72. The minimum Gasteiger partial charge on any atom is -0.378 e. The topological polar surface area (TPSA) is 12.0 Å². The molecule has 2 aromatic carbocycles. The van der Waals surface area contributed by atoms with Gasteiger partial charge in [0.25, 0.3) is 0 Å². The molecule has 0 spiro atoms. The maximum Gasteiger partial charge on any atom is 0.0551 e. The van der Waals surface area contributed by atoms with Crippen LogP contribution in [0.4, 0.5) is 5.69 Å². The molecule has 1 nitrogen and oxygen atoms in total. The molecular weight excluding hydrogens is 302 g/mol. The van der Waals surface area contributed by atoms with Crippen molar-refractivity contribution in [1.82, 2.24) is 0 Å². The van der Waals surface area contributed by atoms with Gasteiger partial charge in [-0.15, -0.1) is 6.58 Å². The molecule has 0 amide bonds. The number of rotatable bonds is 6. The van der Waals surface area contributed by atoms with Gasteiger partial charge in [0.1, 0.15) is 0 Å². The van der Waals surface area contributed by atoms with E-state index >= 15 is 0 Å². The lowest BCUT2D eigenvalue weighted by Crippen LogP contribution is -2.31. The predicted octanol–water partition coefficient (Wildman–Crippen LogP) is 6.80. The molecule has 1 aliphatic rings. The fourth-order valence-electron chi connectivity index (χ4n) is 4.23. The van der Waals surface area contributed by atoms with Crippen molar-refractivity contribution in [3.05, 3.63) is 77.4 Å². The summed E-state index contributed by atoms with van der Waals surface area (Å²) >= 11 is 0. The summed E-state index contributed by atoms with van der Waals surface area (Å²) in [7, 11) is 0. The van der Waals surface area contributed by atoms with Gasteiger partial charge < -0.3 is 5.32 Å². The molecule has 0 aromatic heterocycles. The maximum atomic E-state index is 4.21. The summed E-state index contributed by atoms with van der Waals surface area (Å²) in [5.74, 6) is 0.971. The molecular formula is C24H31N. The molecule has 1 heterocycles. The highest BCUT2D eigenvalue weighted by Gasteiger charge is 2.35. The summed E-state index contributed by atoms with van der Waals surface area (Å²) < 4.78 is 0. The quantitative estimate of drug-likeness (QED) is 0.573. The van der Waals surface area contributed by atoms with Gasteiger partial charge >= 0.3 is 0 Å². The van der Waals surface area contributed by atoms with E-state index in [0.717, 1.165) is 6.42 Å². The third-order valence-corrected chi connectivity index (χ3v) is 5.63. The molecule has 0 fully saturated rings. The second kappa shape index (κ2) is 7.91. The van der Waals surface area contributed by atoms with Crippen molar-refractivity contribution in [2.24, 2.45) is 5.92 Å². The number of fused-ring (bicyclic) bond motifs is 1. The van der Waals surface area contributed by atoms with E-state index in [1.807, 2.05) is 0 Å². The third-order valence-electron chi connectivity index (χ3n) is 5.63. The Morgan fingerprint density at radius 2 is 1.96 bits per heavy atom. The Hall–Kier alpha value is -2.02. The number of anilines is 1. The number of nitrogens with one attached hydrogen (secondary N) is 1. The Balaban J connectivity index is 2.05. The van der Waals surface area contributed by atoms with E-state index in [2.05, 4.69) is 81.2 Å². The summed E-state index contributed by atoms with van der Waals surface area (Å²) in [4.78, 5) is 0. The minimum absolute atomic E-state index is 0.356. The monoisotopic (exact) mass is 333 g/mol. The zero-order valence-corrected chi connectivity index (χ0v) is 15.9. The molecule has 0 bridgehead atoms. The van der Waals surface area contributed by atoms with Gasteiger partial charge in [-0.1, -0.05) is 74.7 Å². The molecule has 1 heteroatoms. The van der Waals surface area contributed by atoms with Gasteiger partial charge in [0, 0.05) is 11.6 Å². The van der Waals surface area contributed by atoms with E-state index in [-0.39, 0.29) is 0 Å². The molecule has 0 radical (unpaired) electrons. The average Bonchev–Trinajstić information content (AvgIpc) is 2.64. The van der Waals surface area contributed by atoms with Gasteiger partial charge in [-0.2, -0.15) is 0 Å². The standard InChI is InChI=1S/C24H31N/c1-5-8-12-21-20(7-3)22-16-18(6-2)13-14-23(22)25-24(21)19-11-9-10-17(4)15-19/h7,9-11,13-16,20-21,24-25H,3,5-6,8,12H2,1-2,4H3. The van der Waals surface area contributed by atoms with Gasteiger partial charge in [0.05, 0.1) is 6.04 Å². The first-order valence-electron chi connectivity index (χ1n) is 9.76. The predicted molar refractivity (Wildman–Crippen MR) is 109 cm³/mol. The Kier molecular flexibility index (Phi) is 5.63. The van der Waals surface area contributed by atoms with Crippen molar-refractivity contribution < 1.29 is 0 Å². The molecule has 25 heavy (non-hydrogen) atoms. The summed E-state index contributed by atoms with van der Waals surface area (Å²) in [6.07, 6.45) is 7.00. The number of benzene rings is 2. The molecule has 3 rings (SSSR count). The molecule has 1 N–H and O–H groups in total. The second-order valence-electron chi connectivity index (χ2n) is 7.38. The minimum atomic E-state index is 0.356. The first kappa shape index (κ1) is 17.8. The maximum absolute atomic E-state index is 4.21. The van der Waals surface area contributed by atoms with Crippen LogP contribution in [0.15, 0.2) is 55.1 Å². The van der Waals surface area contributed by atoms with E-state index in [0.29, 0.717) is 17.9 Å². The van der Waals surface area contributed by atoms with Crippen LogP contribution in [0.2, 0.25) is 0 Å². The third kappa shape index (κ3) is 3.66. The second-order valence-corrected chi connectivity index (χ2v) is 7.38. The number of aryl methyl sites for hydroxylation is 2. The molecule has 0 aliphatic carbocycles. The summed E-state index contributed by atoms with van der Waals surface area (Å²) in [5.41, 5.74) is 6.85. The first-order valence-corrected chi connectivity index (χ1v) is 9.76. The number of hydrogen-bond acceptors (Lipinski definition) is 1. The highest BCUT2D eigenvalue weighted by atomic mass is 14.9. The van der Waals surface area contributed by atoms with Crippen molar-refractivity contribution in [1.29, 1.82) is 0 Å². The summed E-state index contributed by atoms with van der Waals surface area (Å²) in [6, 6.07) is 16.2. The number of unbranched alkanes of at least 4 members (excludes halogenated alkanes) is 1. The van der Waals surface area contributed by atoms with Crippen molar-refractivity contribution >= 4 is 5.69 Å². The zero-order valence-electron chi connectivity index (χ0n) is 15.9. The van der Waals surface area contributed by atoms with Crippen molar-refractivity contribution in [3.8, 4) is 0 Å². The Morgan fingerprint density at radius 1 is 1.12 bits per heavy atom. The van der Waals surface area contributed by atoms with Crippen LogP contribution < -0.4 is 5.32 Å². The van der Waals surface area contributed by atoms with Crippen molar-refractivity contribution in [3.63, 3.8) is 0 Å². The van der Waals surface area contributed by atoms with Crippen LogP contribution in [-0.2, 0) is 6.42 Å². The van der Waals surface area contributed by atoms with Crippen LogP contribution in [0.25, 0.3) is 0 Å². The molecule has 132 valence electrons. The summed E-state index contributed by atoms with van der Waals surface area (Å²) in [6.45, 7) is 10.9. The first-order chi connectivity index (χ1) is 12.2. The Bertz CT molecular complexity index is 731. The van der Waals surface area contributed by atoms with Crippen LogP contribution >= 0.6 is 0 Å². The van der Waals surface area contributed by atoms with Gasteiger partial charge in [0.15, 0.2) is 0 Å². The van der Waals surface area contributed by atoms with Crippen LogP contribution in [0, 0.1) is 12.8 Å². The van der Waals surface area contributed by atoms with E-state index < -0.39 is 0 Å². The van der Waals surface area contributed by atoms with Gasteiger partial charge in [-0.25, -0.2) is 0 Å². The van der Waals surface area contributed by atoms with Crippen LogP contribution in [0.5, 0.6) is 0 Å². The van der Waals surface area contributed by atoms with Crippen molar-refractivity contribution in [2.75, 3.05) is 5.32 Å². The molecule has 3 atom stereocenters. The lowest BCUT2D eigenvalue weighted by Gasteiger charge is -2.40.